The van der Waals surface area contributed by atoms with Crippen LogP contribution < -0.4 is 11.1 Å². The Morgan fingerprint density at radius 1 is 1.05 bits per heavy atom. The average Bonchev–Trinajstić information content (AvgIpc) is 3.48. The minimum atomic E-state index is -4.82. The number of nitrogen functional groups attached to an aromatic ring is 1. The van der Waals surface area contributed by atoms with Crippen molar-refractivity contribution in [3.63, 3.8) is 0 Å². The Hall–Kier alpha value is -4.71. The molecule has 0 bridgehead atoms. The second kappa shape index (κ2) is 9.06. The first-order valence-electron chi connectivity index (χ1n) is 10.8. The summed E-state index contributed by atoms with van der Waals surface area (Å²) >= 11 is 0. The summed E-state index contributed by atoms with van der Waals surface area (Å²) in [6.45, 7) is -0.300. The molecule has 0 fully saturated rings. The van der Waals surface area contributed by atoms with Gasteiger partial charge in [-0.05, 0) is 47.5 Å². The number of aromatic nitrogens is 3. The van der Waals surface area contributed by atoms with E-state index in [9.17, 15) is 27.5 Å². The number of carbonyl (C=O) groups is 1. The van der Waals surface area contributed by atoms with Crippen LogP contribution in [0.5, 0.6) is 0 Å². The van der Waals surface area contributed by atoms with Crippen LogP contribution in [0.3, 0.4) is 0 Å². The number of rotatable bonds is 5. The van der Waals surface area contributed by atoms with Crippen LogP contribution in [0.1, 0.15) is 21.7 Å². The smallest absolute Gasteiger partial charge is 0.392 e. The molecule has 0 aliphatic carbocycles. The lowest BCUT2D eigenvalue weighted by Gasteiger charge is -2.12. The molecule has 0 unspecified atom stereocenters. The van der Waals surface area contributed by atoms with Crippen molar-refractivity contribution in [1.29, 1.82) is 0 Å². The second-order valence-electron chi connectivity index (χ2n) is 8.04. The molecule has 0 atom stereocenters. The lowest BCUT2D eigenvalue weighted by atomic mass is 9.99. The van der Waals surface area contributed by atoms with Crippen molar-refractivity contribution in [2.45, 2.75) is 12.8 Å². The van der Waals surface area contributed by atoms with Gasteiger partial charge in [0, 0.05) is 17.3 Å². The van der Waals surface area contributed by atoms with Gasteiger partial charge in [-0.1, -0.05) is 29.4 Å². The topological polar surface area (TPSA) is 119 Å². The number of nitrogens with zero attached hydrogens (tertiary/aromatic N) is 3. The molecule has 4 N–H and O–H groups in total. The fraction of sp³-hybridized carbons (Fsp3) is 0.0800. The van der Waals surface area contributed by atoms with Crippen LogP contribution in [0.4, 0.5) is 29.1 Å². The Bertz CT molecular complexity index is 1640. The van der Waals surface area contributed by atoms with E-state index in [4.69, 9.17) is 10.3 Å². The van der Waals surface area contributed by atoms with Crippen molar-refractivity contribution < 1.29 is 32.0 Å². The van der Waals surface area contributed by atoms with E-state index in [1.165, 1.54) is 30.3 Å². The molecule has 5 aromatic rings. The number of nitrogens with one attached hydrogen (secondary N) is 1. The molecule has 0 saturated heterocycles. The van der Waals surface area contributed by atoms with Crippen molar-refractivity contribution in [3.05, 3.63) is 89.5 Å². The van der Waals surface area contributed by atoms with E-state index in [1.807, 2.05) is 0 Å². The van der Waals surface area contributed by atoms with Crippen LogP contribution >= 0.6 is 0 Å². The quantitative estimate of drug-likeness (QED) is 0.280. The third-order valence-electron chi connectivity index (χ3n) is 5.66. The molecule has 2 heterocycles. The Balaban J connectivity index is 1.50. The molecule has 1 amide bonds. The van der Waals surface area contributed by atoms with Crippen LogP contribution in [0.25, 0.3) is 27.8 Å². The van der Waals surface area contributed by atoms with Gasteiger partial charge in [0.05, 0.1) is 17.7 Å². The average molecular weight is 511 g/mol. The number of hydrogen-bond donors (Lipinski definition) is 3. The lowest BCUT2D eigenvalue weighted by molar-refractivity contribution is -0.141. The minimum Gasteiger partial charge on any atom is -0.392 e. The number of aliphatic hydroxyl groups is 1. The number of aliphatic hydroxyl groups excluding tert-OH is 1. The monoisotopic (exact) mass is 511 g/mol. The summed E-state index contributed by atoms with van der Waals surface area (Å²) in [6, 6.07) is 15.3. The standard InChI is InChI=1S/C25H17F4N5O3/c26-19-9-14(5-7-17(19)16-4-2-1-3-13(16)12-35)31-24(36)20-11-22(25(27,28)29)32-34(20)15-6-8-21-18(10-15)23(30)33-37-21/h1-11,35H,12H2,(H2,30,33)(H,31,36). The summed E-state index contributed by atoms with van der Waals surface area (Å²) in [5.41, 5.74) is 5.57. The molecule has 12 heteroatoms. The van der Waals surface area contributed by atoms with Gasteiger partial charge in [0.15, 0.2) is 17.1 Å². The maximum absolute atomic E-state index is 14.9. The first-order valence-corrected chi connectivity index (χ1v) is 10.8. The highest BCUT2D eigenvalue weighted by atomic mass is 19.4. The molecule has 0 aliphatic heterocycles. The predicted octanol–water partition coefficient (Wildman–Crippen LogP) is 5.17. The number of nitrogens with two attached hydrogens (primary N) is 1. The van der Waals surface area contributed by atoms with Crippen LogP contribution in [0.2, 0.25) is 0 Å². The van der Waals surface area contributed by atoms with Gasteiger partial charge in [0.25, 0.3) is 5.91 Å². The molecule has 0 saturated carbocycles. The van der Waals surface area contributed by atoms with Crippen LogP contribution in [0.15, 0.2) is 71.3 Å². The van der Waals surface area contributed by atoms with Crippen molar-refractivity contribution in [2.75, 3.05) is 11.1 Å². The molecular formula is C25H17F4N5O3. The summed E-state index contributed by atoms with van der Waals surface area (Å²) < 4.78 is 61.1. The van der Waals surface area contributed by atoms with E-state index in [2.05, 4.69) is 15.6 Å². The number of anilines is 2. The third-order valence-corrected chi connectivity index (χ3v) is 5.66. The summed E-state index contributed by atoms with van der Waals surface area (Å²) in [6.07, 6.45) is -4.82. The number of carbonyl (C=O) groups excluding carboxylic acids is 1. The van der Waals surface area contributed by atoms with Crippen LogP contribution in [0, 0.1) is 5.82 Å². The van der Waals surface area contributed by atoms with Crippen LogP contribution in [-0.4, -0.2) is 26.0 Å². The zero-order chi connectivity index (χ0) is 26.3. The van der Waals surface area contributed by atoms with E-state index in [0.717, 1.165) is 10.7 Å². The third kappa shape index (κ3) is 4.49. The van der Waals surface area contributed by atoms with E-state index >= 15 is 0 Å². The van der Waals surface area contributed by atoms with E-state index in [-0.39, 0.29) is 29.4 Å². The molecule has 188 valence electrons. The molecule has 37 heavy (non-hydrogen) atoms. The van der Waals surface area contributed by atoms with Gasteiger partial charge >= 0.3 is 6.18 Å². The number of fused-ring (bicyclic) bond motifs is 1. The van der Waals surface area contributed by atoms with E-state index in [1.54, 1.807) is 24.3 Å². The van der Waals surface area contributed by atoms with Crippen molar-refractivity contribution in [3.8, 4) is 16.8 Å². The fourth-order valence-corrected chi connectivity index (χ4v) is 3.88. The highest BCUT2D eigenvalue weighted by molar-refractivity contribution is 6.04. The normalized spacial score (nSPS) is 11.7. The number of alkyl halides is 3. The lowest BCUT2D eigenvalue weighted by Crippen LogP contribution is -2.17. The molecule has 3 aromatic carbocycles. The summed E-state index contributed by atoms with van der Waals surface area (Å²) in [5.74, 6) is -1.63. The largest absolute Gasteiger partial charge is 0.435 e. The van der Waals surface area contributed by atoms with Gasteiger partial charge in [-0.25, -0.2) is 9.07 Å². The zero-order valence-corrected chi connectivity index (χ0v) is 18.8. The number of halogens is 4. The summed E-state index contributed by atoms with van der Waals surface area (Å²) in [7, 11) is 0. The van der Waals surface area contributed by atoms with E-state index < -0.39 is 29.3 Å². The SMILES string of the molecule is Nc1noc2ccc(-n3nc(C(F)(F)F)cc3C(=O)Nc3ccc(-c4ccccc4CO)c(F)c3)cc12. The Labute approximate surface area is 205 Å². The van der Waals surface area contributed by atoms with Gasteiger partial charge in [0.2, 0.25) is 0 Å². The van der Waals surface area contributed by atoms with Gasteiger partial charge in [-0.15, -0.1) is 0 Å². The first-order chi connectivity index (χ1) is 17.7. The number of benzene rings is 3. The molecule has 0 radical (unpaired) electrons. The van der Waals surface area contributed by atoms with E-state index in [0.29, 0.717) is 28.2 Å². The van der Waals surface area contributed by atoms with Crippen molar-refractivity contribution >= 4 is 28.4 Å². The van der Waals surface area contributed by atoms with Crippen molar-refractivity contribution in [2.24, 2.45) is 0 Å². The van der Waals surface area contributed by atoms with Gasteiger partial charge in [-0.2, -0.15) is 18.3 Å². The maximum atomic E-state index is 14.9. The summed E-state index contributed by atoms with van der Waals surface area (Å²) in [4.78, 5) is 13.0. The van der Waals surface area contributed by atoms with Gasteiger partial charge < -0.3 is 20.7 Å². The molecule has 2 aromatic heterocycles. The highest BCUT2D eigenvalue weighted by Gasteiger charge is 2.36. The van der Waals surface area contributed by atoms with Gasteiger partial charge in [-0.3, -0.25) is 4.79 Å². The first kappa shape index (κ1) is 24.0. The van der Waals surface area contributed by atoms with Crippen molar-refractivity contribution in [1.82, 2.24) is 14.9 Å². The Morgan fingerprint density at radius 2 is 1.84 bits per heavy atom. The number of hydrogen-bond acceptors (Lipinski definition) is 6. The second-order valence-corrected chi connectivity index (χ2v) is 8.04. The molecule has 0 spiro atoms. The summed E-state index contributed by atoms with van der Waals surface area (Å²) in [5, 5.41) is 19.4. The molecule has 8 nitrogen and oxygen atoms in total. The zero-order valence-electron chi connectivity index (χ0n) is 18.8. The molecular weight excluding hydrogens is 494 g/mol. The minimum absolute atomic E-state index is 0.00719. The molecule has 5 rings (SSSR count). The highest BCUT2D eigenvalue weighted by Crippen LogP contribution is 2.32. The maximum Gasteiger partial charge on any atom is 0.435 e. The predicted molar refractivity (Wildman–Crippen MR) is 126 cm³/mol. The van der Waals surface area contributed by atoms with Gasteiger partial charge in [0.1, 0.15) is 11.5 Å². The Kier molecular flexibility index (Phi) is 5.88. The number of amides is 1. The Morgan fingerprint density at radius 3 is 2.57 bits per heavy atom. The molecule has 0 aliphatic rings. The fourth-order valence-electron chi connectivity index (χ4n) is 3.88. The van der Waals surface area contributed by atoms with Crippen LogP contribution in [-0.2, 0) is 12.8 Å².